The summed E-state index contributed by atoms with van der Waals surface area (Å²) in [6.07, 6.45) is 3.66. The Labute approximate surface area is 186 Å². The third-order valence-corrected chi connectivity index (χ3v) is 6.52. The molecule has 1 fully saturated rings. The van der Waals surface area contributed by atoms with Crippen LogP contribution in [0.5, 0.6) is 5.75 Å². The molecule has 0 spiro atoms. The molecule has 32 heavy (non-hydrogen) atoms. The third kappa shape index (κ3) is 4.54. The Bertz CT molecular complexity index is 1020. The number of amides is 1. The molecule has 0 atom stereocenters. The van der Waals surface area contributed by atoms with E-state index in [9.17, 15) is 14.0 Å². The molecule has 0 bridgehead atoms. The van der Waals surface area contributed by atoms with Crippen LogP contribution in [0.1, 0.15) is 42.5 Å². The minimum Gasteiger partial charge on any atom is -0.494 e. The number of fused-ring (bicyclic) bond motifs is 1. The normalized spacial score (nSPS) is 21.6. The van der Waals surface area contributed by atoms with E-state index in [1.54, 1.807) is 6.07 Å². The van der Waals surface area contributed by atoms with Gasteiger partial charge in [-0.2, -0.15) is 0 Å². The lowest BCUT2D eigenvalue weighted by Gasteiger charge is -2.47. The van der Waals surface area contributed by atoms with Crippen LogP contribution in [0, 0.1) is 11.7 Å². The molecule has 0 unspecified atom stereocenters. The lowest BCUT2D eigenvalue weighted by Crippen LogP contribution is -2.49. The van der Waals surface area contributed by atoms with Crippen molar-refractivity contribution in [2.75, 3.05) is 25.5 Å². The average molecular weight is 442 g/mol. The summed E-state index contributed by atoms with van der Waals surface area (Å²) >= 11 is 0. The van der Waals surface area contributed by atoms with Gasteiger partial charge in [-0.05, 0) is 61.4 Å². The van der Waals surface area contributed by atoms with E-state index in [-0.39, 0.29) is 30.5 Å². The molecule has 1 aromatic heterocycles. The number of aromatic nitrogens is 1. The van der Waals surface area contributed by atoms with Gasteiger partial charge in [0.15, 0.2) is 11.6 Å². The largest absolute Gasteiger partial charge is 0.494 e. The van der Waals surface area contributed by atoms with E-state index in [1.807, 2.05) is 12.1 Å². The number of hydrogen-bond acceptors (Lipinski definition) is 5. The Balaban J connectivity index is 1.55. The molecule has 170 valence electrons. The Morgan fingerprint density at radius 1 is 1.31 bits per heavy atom. The number of rotatable bonds is 8. The van der Waals surface area contributed by atoms with Crippen LogP contribution in [-0.4, -0.2) is 42.2 Å². The Kier molecular flexibility index (Phi) is 6.30. The standard InChI is InChI=1S/C24H28FN3O4/c1-32-20-7-5-17(11-19(20)25)24(12-16(13-24)23(31)27-10-8-21(29)30)14-18-6-4-15-3-2-9-26-22(15)28-18/h4-7,11,16H,2-3,8-10,12-14H2,1H3,(H,26,28)(H,27,31)(H,29,30). The minimum atomic E-state index is -0.950. The number of aryl methyl sites for hydroxylation is 1. The molecule has 2 aliphatic rings. The fourth-order valence-corrected chi connectivity index (χ4v) is 4.80. The molecule has 0 radical (unpaired) electrons. The number of nitrogens with one attached hydrogen (secondary N) is 2. The van der Waals surface area contributed by atoms with Gasteiger partial charge in [-0.15, -0.1) is 0 Å². The molecule has 0 saturated heterocycles. The first-order valence-electron chi connectivity index (χ1n) is 11.0. The van der Waals surface area contributed by atoms with Crippen molar-refractivity contribution in [2.45, 2.75) is 43.9 Å². The highest BCUT2D eigenvalue weighted by molar-refractivity contribution is 5.81. The molecule has 8 heteroatoms. The lowest BCUT2D eigenvalue weighted by atomic mass is 9.56. The number of carboxylic acid groups (broad SMARTS) is 1. The van der Waals surface area contributed by atoms with Crippen LogP contribution in [-0.2, 0) is 27.8 Å². The third-order valence-electron chi connectivity index (χ3n) is 6.52. The van der Waals surface area contributed by atoms with Crippen LogP contribution in [0.25, 0.3) is 0 Å². The van der Waals surface area contributed by atoms with Gasteiger partial charge in [-0.25, -0.2) is 9.37 Å². The van der Waals surface area contributed by atoms with Crippen LogP contribution < -0.4 is 15.4 Å². The summed E-state index contributed by atoms with van der Waals surface area (Å²) in [5, 5.41) is 14.8. The predicted molar refractivity (Wildman–Crippen MR) is 117 cm³/mol. The molecule has 7 nitrogen and oxygen atoms in total. The highest BCUT2D eigenvalue weighted by Crippen LogP contribution is 2.50. The van der Waals surface area contributed by atoms with Gasteiger partial charge in [0.2, 0.25) is 5.91 Å². The second-order valence-electron chi connectivity index (χ2n) is 8.69. The van der Waals surface area contributed by atoms with Crippen LogP contribution in [0.15, 0.2) is 30.3 Å². The number of anilines is 1. The fraction of sp³-hybridized carbons (Fsp3) is 0.458. The van der Waals surface area contributed by atoms with Crippen molar-refractivity contribution in [3.63, 3.8) is 0 Å². The maximum Gasteiger partial charge on any atom is 0.305 e. The molecule has 1 aliphatic carbocycles. The van der Waals surface area contributed by atoms with Gasteiger partial charge in [0, 0.05) is 30.1 Å². The van der Waals surface area contributed by atoms with Gasteiger partial charge >= 0.3 is 5.97 Å². The zero-order chi connectivity index (χ0) is 22.7. The van der Waals surface area contributed by atoms with Gasteiger partial charge in [-0.1, -0.05) is 12.1 Å². The van der Waals surface area contributed by atoms with E-state index in [2.05, 4.69) is 16.7 Å². The Morgan fingerprint density at radius 3 is 2.84 bits per heavy atom. The molecule has 1 aliphatic heterocycles. The number of pyridine rings is 1. The quantitative estimate of drug-likeness (QED) is 0.582. The Morgan fingerprint density at radius 2 is 2.12 bits per heavy atom. The summed E-state index contributed by atoms with van der Waals surface area (Å²) in [5.41, 5.74) is 2.50. The zero-order valence-electron chi connectivity index (χ0n) is 18.1. The number of carbonyl (C=O) groups is 2. The second-order valence-corrected chi connectivity index (χ2v) is 8.69. The average Bonchev–Trinajstić information content (AvgIpc) is 2.75. The predicted octanol–water partition coefficient (Wildman–Crippen LogP) is 3.07. The number of benzene rings is 1. The van der Waals surface area contributed by atoms with E-state index in [0.717, 1.165) is 36.5 Å². The molecule has 2 aromatic rings. The SMILES string of the molecule is COc1ccc(C2(Cc3ccc4c(n3)NCCC4)CC(C(=O)NCCC(=O)O)C2)cc1F. The number of nitrogens with zero attached hydrogens (tertiary/aromatic N) is 1. The molecule has 3 N–H and O–H groups in total. The van der Waals surface area contributed by atoms with E-state index >= 15 is 0 Å². The highest BCUT2D eigenvalue weighted by Gasteiger charge is 2.49. The molecule has 1 aromatic carbocycles. The summed E-state index contributed by atoms with van der Waals surface area (Å²) in [6, 6.07) is 9.09. The van der Waals surface area contributed by atoms with E-state index in [1.165, 1.54) is 18.7 Å². The number of methoxy groups -OCH3 is 1. The van der Waals surface area contributed by atoms with Crippen LogP contribution >= 0.6 is 0 Å². The molecular formula is C24H28FN3O4. The first-order chi connectivity index (χ1) is 15.4. The number of carboxylic acids is 1. The fourth-order valence-electron chi connectivity index (χ4n) is 4.80. The number of carbonyl (C=O) groups excluding carboxylic acids is 1. The van der Waals surface area contributed by atoms with Crippen molar-refractivity contribution in [2.24, 2.45) is 5.92 Å². The first-order valence-corrected chi connectivity index (χ1v) is 11.0. The van der Waals surface area contributed by atoms with Crippen molar-refractivity contribution in [1.82, 2.24) is 10.3 Å². The van der Waals surface area contributed by atoms with E-state index in [0.29, 0.717) is 19.3 Å². The van der Waals surface area contributed by atoms with E-state index < -0.39 is 17.2 Å². The van der Waals surface area contributed by atoms with Gasteiger partial charge in [0.05, 0.1) is 13.5 Å². The molecule has 2 heterocycles. The zero-order valence-corrected chi connectivity index (χ0v) is 18.1. The van der Waals surface area contributed by atoms with Gasteiger partial charge < -0.3 is 20.5 Å². The number of aliphatic carboxylic acids is 1. The van der Waals surface area contributed by atoms with Crippen molar-refractivity contribution < 1.29 is 23.8 Å². The summed E-state index contributed by atoms with van der Waals surface area (Å²) in [5.74, 6) is -0.692. The van der Waals surface area contributed by atoms with Crippen LogP contribution in [0.2, 0.25) is 0 Å². The van der Waals surface area contributed by atoms with E-state index in [4.69, 9.17) is 14.8 Å². The topological polar surface area (TPSA) is 101 Å². The van der Waals surface area contributed by atoms with Gasteiger partial charge in [0.1, 0.15) is 5.82 Å². The van der Waals surface area contributed by atoms with Crippen LogP contribution in [0.4, 0.5) is 10.2 Å². The molecule has 4 rings (SSSR count). The summed E-state index contributed by atoms with van der Waals surface area (Å²) in [6.45, 7) is 1.00. The maximum absolute atomic E-state index is 14.5. The van der Waals surface area contributed by atoms with Crippen molar-refractivity contribution in [1.29, 1.82) is 0 Å². The smallest absolute Gasteiger partial charge is 0.305 e. The molecule has 1 saturated carbocycles. The van der Waals surface area contributed by atoms with Crippen molar-refractivity contribution in [3.05, 3.63) is 53.0 Å². The van der Waals surface area contributed by atoms with Crippen molar-refractivity contribution in [3.8, 4) is 5.75 Å². The monoisotopic (exact) mass is 441 g/mol. The molecular weight excluding hydrogens is 413 g/mol. The summed E-state index contributed by atoms with van der Waals surface area (Å²) < 4.78 is 19.6. The lowest BCUT2D eigenvalue weighted by molar-refractivity contribution is -0.137. The number of halogens is 1. The maximum atomic E-state index is 14.5. The first kappa shape index (κ1) is 22.0. The summed E-state index contributed by atoms with van der Waals surface area (Å²) in [7, 11) is 1.43. The molecule has 1 amide bonds. The van der Waals surface area contributed by atoms with Gasteiger partial charge in [0.25, 0.3) is 0 Å². The minimum absolute atomic E-state index is 0.104. The van der Waals surface area contributed by atoms with Crippen molar-refractivity contribution >= 4 is 17.7 Å². The highest BCUT2D eigenvalue weighted by atomic mass is 19.1. The van der Waals surface area contributed by atoms with Crippen LogP contribution in [0.3, 0.4) is 0 Å². The number of hydrogen-bond donors (Lipinski definition) is 3. The Hall–Kier alpha value is -3.16. The summed E-state index contributed by atoms with van der Waals surface area (Å²) in [4.78, 5) is 28.0. The second kappa shape index (κ2) is 9.14. The number of ether oxygens (including phenoxy) is 1. The van der Waals surface area contributed by atoms with Gasteiger partial charge in [-0.3, -0.25) is 9.59 Å².